The Morgan fingerprint density at radius 1 is 1.06 bits per heavy atom. The first-order valence-electron chi connectivity index (χ1n) is 10.9. The fourth-order valence-corrected chi connectivity index (χ4v) is 4.56. The molecule has 1 unspecified atom stereocenters. The lowest BCUT2D eigenvalue weighted by Crippen LogP contribution is -2.27. The van der Waals surface area contributed by atoms with E-state index in [1.807, 2.05) is 42.5 Å². The third kappa shape index (κ3) is 4.24. The summed E-state index contributed by atoms with van der Waals surface area (Å²) in [6.45, 7) is 3.56. The molecule has 0 aliphatic heterocycles. The van der Waals surface area contributed by atoms with Crippen LogP contribution < -0.4 is 10.9 Å². The normalized spacial score (nSPS) is 12.1. The summed E-state index contributed by atoms with van der Waals surface area (Å²) in [6, 6.07) is 16.5. The van der Waals surface area contributed by atoms with Crippen molar-refractivity contribution >= 4 is 23.4 Å². The molecule has 4 heterocycles. The van der Waals surface area contributed by atoms with Gasteiger partial charge < -0.3 is 19.1 Å². The standard InChI is InChI=1S/C25H23N5O4S/c1-15-20(24(32)30(29(15)3)17-9-5-4-6-10-17)26-23(31)16(2)35-25-27-21(18-11-7-13-33-18)22(28-25)19-12-8-14-34-19/h4-14,16H,1-3H3,(H,26,31)(H,27,28). The number of carbonyl (C=O) groups is 1. The molecule has 0 fully saturated rings. The summed E-state index contributed by atoms with van der Waals surface area (Å²) in [4.78, 5) is 34.0. The van der Waals surface area contributed by atoms with Gasteiger partial charge in [0.1, 0.15) is 17.1 Å². The number of imidazole rings is 1. The number of anilines is 1. The molecule has 0 saturated heterocycles. The quantitative estimate of drug-likeness (QED) is 0.316. The second-order valence-corrected chi connectivity index (χ2v) is 9.24. The van der Waals surface area contributed by atoms with Crippen LogP contribution >= 0.6 is 11.8 Å². The number of hydrogen-bond donors (Lipinski definition) is 2. The average Bonchev–Trinajstić information content (AvgIpc) is 3.65. The molecule has 4 aromatic heterocycles. The van der Waals surface area contributed by atoms with Crippen LogP contribution in [0.3, 0.4) is 0 Å². The number of furan rings is 2. The number of para-hydroxylation sites is 1. The minimum Gasteiger partial charge on any atom is -0.463 e. The minimum absolute atomic E-state index is 0.251. The van der Waals surface area contributed by atoms with Crippen LogP contribution in [0.2, 0.25) is 0 Å². The van der Waals surface area contributed by atoms with E-state index in [4.69, 9.17) is 8.83 Å². The summed E-state index contributed by atoms with van der Waals surface area (Å²) in [5.74, 6) is 0.878. The van der Waals surface area contributed by atoms with Gasteiger partial charge in [0.25, 0.3) is 5.56 Å². The van der Waals surface area contributed by atoms with Gasteiger partial charge in [0, 0.05) is 7.05 Å². The van der Waals surface area contributed by atoms with Gasteiger partial charge in [-0.2, -0.15) is 0 Å². The second kappa shape index (κ2) is 9.22. The Hall–Kier alpha value is -4.18. The first kappa shape index (κ1) is 22.6. The van der Waals surface area contributed by atoms with Gasteiger partial charge in [-0.25, -0.2) is 9.67 Å². The highest BCUT2D eigenvalue weighted by atomic mass is 32.2. The van der Waals surface area contributed by atoms with E-state index in [1.165, 1.54) is 16.4 Å². The Morgan fingerprint density at radius 2 is 1.74 bits per heavy atom. The number of nitrogens with zero attached hydrogens (tertiary/aromatic N) is 3. The monoisotopic (exact) mass is 489 g/mol. The largest absolute Gasteiger partial charge is 0.463 e. The molecule has 1 atom stereocenters. The Morgan fingerprint density at radius 3 is 2.40 bits per heavy atom. The van der Waals surface area contributed by atoms with E-state index >= 15 is 0 Å². The van der Waals surface area contributed by atoms with Crippen molar-refractivity contribution in [2.24, 2.45) is 7.05 Å². The van der Waals surface area contributed by atoms with Gasteiger partial charge in [-0.1, -0.05) is 30.0 Å². The first-order chi connectivity index (χ1) is 16.9. The number of rotatable bonds is 7. The van der Waals surface area contributed by atoms with E-state index in [9.17, 15) is 9.59 Å². The van der Waals surface area contributed by atoms with Crippen LogP contribution in [0.1, 0.15) is 12.6 Å². The lowest BCUT2D eigenvalue weighted by molar-refractivity contribution is -0.115. The van der Waals surface area contributed by atoms with Crippen LogP contribution in [0.4, 0.5) is 5.69 Å². The summed E-state index contributed by atoms with van der Waals surface area (Å²) in [6.07, 6.45) is 3.15. The highest BCUT2D eigenvalue weighted by Gasteiger charge is 2.24. The Kier molecular flexibility index (Phi) is 5.96. The molecular weight excluding hydrogens is 466 g/mol. The maximum Gasteiger partial charge on any atom is 0.295 e. The second-order valence-electron chi connectivity index (χ2n) is 7.91. The molecule has 0 saturated carbocycles. The van der Waals surface area contributed by atoms with Crippen molar-refractivity contribution in [2.75, 3.05) is 5.32 Å². The number of benzene rings is 1. The summed E-state index contributed by atoms with van der Waals surface area (Å²) < 4.78 is 14.3. The van der Waals surface area contributed by atoms with Crippen LogP contribution in [0, 0.1) is 6.92 Å². The summed E-state index contributed by atoms with van der Waals surface area (Å²) >= 11 is 1.24. The highest BCUT2D eigenvalue weighted by Crippen LogP contribution is 2.34. The Labute approximate surface area is 204 Å². The summed E-state index contributed by atoms with van der Waals surface area (Å²) in [5.41, 5.74) is 2.58. The number of aromatic amines is 1. The molecule has 1 aromatic carbocycles. The van der Waals surface area contributed by atoms with Crippen LogP contribution in [0.15, 0.2) is 85.9 Å². The van der Waals surface area contributed by atoms with Gasteiger partial charge in [0.15, 0.2) is 16.7 Å². The topological polar surface area (TPSA) is 111 Å². The van der Waals surface area contributed by atoms with Crippen molar-refractivity contribution in [3.63, 3.8) is 0 Å². The van der Waals surface area contributed by atoms with Crippen molar-refractivity contribution in [3.05, 3.63) is 83.2 Å². The van der Waals surface area contributed by atoms with E-state index < -0.39 is 5.25 Å². The zero-order valence-corrected chi connectivity index (χ0v) is 20.1. The number of thioether (sulfide) groups is 1. The predicted molar refractivity (Wildman–Crippen MR) is 134 cm³/mol. The molecule has 0 aliphatic carbocycles. The fraction of sp³-hybridized carbons (Fsp3) is 0.160. The summed E-state index contributed by atoms with van der Waals surface area (Å²) in [5, 5.41) is 2.80. The predicted octanol–water partition coefficient (Wildman–Crippen LogP) is 4.85. The molecule has 2 N–H and O–H groups in total. The molecule has 0 bridgehead atoms. The van der Waals surface area contributed by atoms with E-state index in [0.717, 1.165) is 5.69 Å². The third-order valence-electron chi connectivity index (χ3n) is 5.66. The maximum atomic E-state index is 13.1. The van der Waals surface area contributed by atoms with Crippen molar-refractivity contribution in [3.8, 4) is 28.6 Å². The fourth-order valence-electron chi connectivity index (χ4n) is 3.76. The van der Waals surface area contributed by atoms with Gasteiger partial charge in [-0.15, -0.1) is 0 Å². The third-order valence-corrected chi connectivity index (χ3v) is 6.65. The molecular formula is C25H23N5O4S. The molecule has 0 spiro atoms. The van der Waals surface area contributed by atoms with Crippen molar-refractivity contribution in [1.29, 1.82) is 0 Å². The van der Waals surface area contributed by atoms with Crippen LogP contribution in [0.5, 0.6) is 0 Å². The molecule has 5 rings (SSSR count). The van der Waals surface area contributed by atoms with Crippen LogP contribution in [-0.2, 0) is 11.8 Å². The zero-order chi connectivity index (χ0) is 24.5. The molecule has 0 radical (unpaired) electrons. The Balaban J connectivity index is 1.38. The number of H-pyrrole nitrogens is 1. The SMILES string of the molecule is Cc1c(NC(=O)C(C)Sc2nc(-c3ccco3)c(-c3ccco3)[nH]2)c(=O)n(-c2ccccc2)n1C. The number of amides is 1. The number of aromatic nitrogens is 4. The van der Waals surface area contributed by atoms with Gasteiger partial charge >= 0.3 is 0 Å². The molecule has 10 heteroatoms. The minimum atomic E-state index is -0.542. The lowest BCUT2D eigenvalue weighted by Gasteiger charge is -2.09. The molecule has 178 valence electrons. The molecule has 9 nitrogen and oxygen atoms in total. The molecule has 1 amide bonds. The van der Waals surface area contributed by atoms with Gasteiger partial charge in [0.05, 0.1) is 29.2 Å². The average molecular weight is 490 g/mol. The molecule has 0 aliphatic rings. The van der Waals surface area contributed by atoms with Crippen molar-refractivity contribution < 1.29 is 13.6 Å². The molecule has 35 heavy (non-hydrogen) atoms. The highest BCUT2D eigenvalue weighted by molar-refractivity contribution is 8.00. The number of nitrogens with one attached hydrogen (secondary N) is 2. The van der Waals surface area contributed by atoms with Gasteiger partial charge in [-0.05, 0) is 50.2 Å². The van der Waals surface area contributed by atoms with Crippen LogP contribution in [0.25, 0.3) is 28.6 Å². The first-order valence-corrected chi connectivity index (χ1v) is 11.8. The van der Waals surface area contributed by atoms with Gasteiger partial charge in [0.2, 0.25) is 5.91 Å². The summed E-state index contributed by atoms with van der Waals surface area (Å²) in [7, 11) is 1.78. The lowest BCUT2D eigenvalue weighted by atomic mass is 10.2. The maximum absolute atomic E-state index is 13.1. The number of carbonyl (C=O) groups excluding carboxylic acids is 1. The zero-order valence-electron chi connectivity index (χ0n) is 19.3. The van der Waals surface area contributed by atoms with Crippen LogP contribution in [-0.4, -0.2) is 30.5 Å². The van der Waals surface area contributed by atoms with Crippen molar-refractivity contribution in [2.45, 2.75) is 24.3 Å². The molecule has 5 aromatic rings. The Bertz CT molecular complexity index is 1460. The van der Waals surface area contributed by atoms with Gasteiger partial charge in [-0.3, -0.25) is 14.3 Å². The smallest absolute Gasteiger partial charge is 0.295 e. The van der Waals surface area contributed by atoms with E-state index in [0.29, 0.717) is 33.8 Å². The van der Waals surface area contributed by atoms with Crippen molar-refractivity contribution in [1.82, 2.24) is 19.3 Å². The van der Waals surface area contributed by atoms with E-state index in [-0.39, 0.29) is 17.2 Å². The number of hydrogen-bond acceptors (Lipinski definition) is 6. The van der Waals surface area contributed by atoms with E-state index in [2.05, 4.69) is 15.3 Å². The van der Waals surface area contributed by atoms with E-state index in [1.54, 1.807) is 50.2 Å².